The highest BCUT2D eigenvalue weighted by Gasteiger charge is 2.24. The van der Waals surface area contributed by atoms with E-state index in [1.165, 1.54) is 25.7 Å². The zero-order valence-corrected chi connectivity index (χ0v) is 12.2. The van der Waals surface area contributed by atoms with Crippen molar-refractivity contribution in [1.29, 1.82) is 0 Å². The summed E-state index contributed by atoms with van der Waals surface area (Å²) in [6.07, 6.45) is 6.75. The third-order valence-corrected chi connectivity index (χ3v) is 4.20. The standard InChI is InChI=1S/C15H31NO/c1-5-9-16-14(4)8-10-17-15-7-6-12(2)13(3)11-15/h12-16H,5-11H2,1-4H3. The molecule has 0 radical (unpaired) electrons. The van der Waals surface area contributed by atoms with Crippen LogP contribution in [0.5, 0.6) is 0 Å². The van der Waals surface area contributed by atoms with Crippen molar-refractivity contribution in [3.8, 4) is 0 Å². The minimum Gasteiger partial charge on any atom is -0.378 e. The van der Waals surface area contributed by atoms with E-state index in [1.807, 2.05) is 0 Å². The molecule has 2 heteroatoms. The van der Waals surface area contributed by atoms with E-state index in [4.69, 9.17) is 4.74 Å². The summed E-state index contributed by atoms with van der Waals surface area (Å²) in [4.78, 5) is 0. The maximum atomic E-state index is 6.01. The molecule has 1 aliphatic carbocycles. The maximum Gasteiger partial charge on any atom is 0.0577 e. The van der Waals surface area contributed by atoms with Crippen LogP contribution in [0.1, 0.15) is 59.8 Å². The Hall–Kier alpha value is -0.0800. The first-order valence-electron chi connectivity index (χ1n) is 7.48. The Morgan fingerprint density at radius 2 is 2.00 bits per heavy atom. The fourth-order valence-electron chi connectivity index (χ4n) is 2.55. The molecule has 2 nitrogen and oxygen atoms in total. The molecule has 4 atom stereocenters. The van der Waals surface area contributed by atoms with Crippen LogP contribution in [-0.2, 0) is 4.74 Å². The van der Waals surface area contributed by atoms with Gasteiger partial charge in [-0.05, 0) is 57.4 Å². The highest BCUT2D eigenvalue weighted by Crippen LogP contribution is 2.30. The van der Waals surface area contributed by atoms with Gasteiger partial charge in [0.15, 0.2) is 0 Å². The summed E-state index contributed by atoms with van der Waals surface area (Å²) in [5.74, 6) is 1.73. The summed E-state index contributed by atoms with van der Waals surface area (Å²) >= 11 is 0. The molecular weight excluding hydrogens is 210 g/mol. The van der Waals surface area contributed by atoms with E-state index in [2.05, 4.69) is 33.0 Å². The number of ether oxygens (including phenoxy) is 1. The molecule has 1 saturated carbocycles. The van der Waals surface area contributed by atoms with E-state index < -0.39 is 0 Å². The van der Waals surface area contributed by atoms with Gasteiger partial charge in [-0.1, -0.05) is 20.8 Å². The molecule has 0 aliphatic heterocycles. The van der Waals surface area contributed by atoms with Gasteiger partial charge in [-0.2, -0.15) is 0 Å². The van der Waals surface area contributed by atoms with Gasteiger partial charge in [0.2, 0.25) is 0 Å². The van der Waals surface area contributed by atoms with Crippen LogP contribution in [0.4, 0.5) is 0 Å². The van der Waals surface area contributed by atoms with E-state index >= 15 is 0 Å². The van der Waals surface area contributed by atoms with E-state index in [9.17, 15) is 0 Å². The van der Waals surface area contributed by atoms with Crippen molar-refractivity contribution >= 4 is 0 Å². The van der Waals surface area contributed by atoms with Crippen LogP contribution in [-0.4, -0.2) is 25.3 Å². The van der Waals surface area contributed by atoms with Crippen LogP contribution < -0.4 is 5.32 Å². The second-order valence-electron chi connectivity index (χ2n) is 5.90. The molecule has 0 bridgehead atoms. The van der Waals surface area contributed by atoms with Crippen LogP contribution in [0.3, 0.4) is 0 Å². The summed E-state index contributed by atoms with van der Waals surface area (Å²) in [5.41, 5.74) is 0. The van der Waals surface area contributed by atoms with Gasteiger partial charge in [0.1, 0.15) is 0 Å². The van der Waals surface area contributed by atoms with Crippen molar-refractivity contribution in [2.45, 2.75) is 71.9 Å². The fourth-order valence-corrected chi connectivity index (χ4v) is 2.55. The van der Waals surface area contributed by atoms with Crippen LogP contribution in [0.15, 0.2) is 0 Å². The largest absolute Gasteiger partial charge is 0.378 e. The zero-order chi connectivity index (χ0) is 12.7. The molecule has 0 spiro atoms. The maximum absolute atomic E-state index is 6.01. The number of rotatable bonds is 7. The third kappa shape index (κ3) is 5.87. The van der Waals surface area contributed by atoms with Gasteiger partial charge < -0.3 is 10.1 Å². The molecule has 0 heterocycles. The van der Waals surface area contributed by atoms with Gasteiger partial charge in [0.25, 0.3) is 0 Å². The smallest absolute Gasteiger partial charge is 0.0577 e. The average molecular weight is 241 g/mol. The summed E-state index contributed by atoms with van der Waals surface area (Å²) < 4.78 is 6.01. The predicted molar refractivity (Wildman–Crippen MR) is 74.3 cm³/mol. The summed E-state index contributed by atoms with van der Waals surface area (Å²) in [7, 11) is 0. The van der Waals surface area contributed by atoms with Gasteiger partial charge in [-0.25, -0.2) is 0 Å². The normalized spacial score (nSPS) is 31.4. The molecule has 1 N–H and O–H groups in total. The van der Waals surface area contributed by atoms with Crippen molar-refractivity contribution in [2.24, 2.45) is 11.8 Å². The molecule has 1 rings (SSSR count). The molecule has 0 saturated heterocycles. The van der Waals surface area contributed by atoms with Crippen molar-refractivity contribution in [3.05, 3.63) is 0 Å². The molecule has 0 aromatic rings. The number of nitrogens with one attached hydrogen (secondary N) is 1. The SMILES string of the molecule is CCCNC(C)CCOC1CCC(C)C(C)C1. The average Bonchev–Trinajstić information content (AvgIpc) is 2.31. The van der Waals surface area contributed by atoms with Gasteiger partial charge in [0.05, 0.1) is 6.10 Å². The van der Waals surface area contributed by atoms with Crippen LogP contribution >= 0.6 is 0 Å². The lowest BCUT2D eigenvalue weighted by molar-refractivity contribution is -0.000575. The van der Waals surface area contributed by atoms with Crippen LogP contribution in [0, 0.1) is 11.8 Å². The van der Waals surface area contributed by atoms with Crippen molar-refractivity contribution in [2.75, 3.05) is 13.2 Å². The van der Waals surface area contributed by atoms with Gasteiger partial charge in [-0.3, -0.25) is 0 Å². The van der Waals surface area contributed by atoms with Gasteiger partial charge in [-0.15, -0.1) is 0 Å². The molecule has 4 unspecified atom stereocenters. The highest BCUT2D eigenvalue weighted by atomic mass is 16.5. The molecule has 102 valence electrons. The van der Waals surface area contributed by atoms with Crippen molar-refractivity contribution < 1.29 is 4.74 Å². The zero-order valence-electron chi connectivity index (χ0n) is 12.2. The van der Waals surface area contributed by atoms with E-state index in [1.54, 1.807) is 0 Å². The minimum atomic E-state index is 0.527. The third-order valence-electron chi connectivity index (χ3n) is 4.20. The Kier molecular flexibility index (Phi) is 7.14. The second-order valence-corrected chi connectivity index (χ2v) is 5.90. The lowest BCUT2D eigenvalue weighted by atomic mass is 9.80. The Morgan fingerprint density at radius 1 is 1.24 bits per heavy atom. The van der Waals surface area contributed by atoms with Crippen molar-refractivity contribution in [3.63, 3.8) is 0 Å². The first-order chi connectivity index (χ1) is 8.13. The Bertz CT molecular complexity index is 195. The monoisotopic (exact) mass is 241 g/mol. The topological polar surface area (TPSA) is 21.3 Å². The molecule has 1 aliphatic rings. The highest BCUT2D eigenvalue weighted by molar-refractivity contribution is 4.75. The Labute approximate surface area is 108 Å². The number of hydrogen-bond donors (Lipinski definition) is 1. The predicted octanol–water partition coefficient (Wildman–Crippen LogP) is 3.61. The van der Waals surface area contributed by atoms with E-state index in [0.29, 0.717) is 12.1 Å². The fraction of sp³-hybridized carbons (Fsp3) is 1.00. The van der Waals surface area contributed by atoms with Crippen LogP contribution in [0.25, 0.3) is 0 Å². The molecule has 0 aromatic heterocycles. The second kappa shape index (κ2) is 8.10. The first-order valence-corrected chi connectivity index (χ1v) is 7.48. The summed E-state index contributed by atoms with van der Waals surface area (Å²) in [6, 6.07) is 0.592. The van der Waals surface area contributed by atoms with Gasteiger partial charge in [0, 0.05) is 12.6 Å². The molecule has 1 fully saturated rings. The summed E-state index contributed by atoms with van der Waals surface area (Å²) in [5, 5.41) is 3.51. The molecule has 0 amide bonds. The van der Waals surface area contributed by atoms with E-state index in [-0.39, 0.29) is 0 Å². The molecule has 0 aromatic carbocycles. The molecular formula is C15H31NO. The quantitative estimate of drug-likeness (QED) is 0.735. The van der Waals surface area contributed by atoms with Gasteiger partial charge >= 0.3 is 0 Å². The van der Waals surface area contributed by atoms with Crippen LogP contribution in [0.2, 0.25) is 0 Å². The first kappa shape index (κ1) is 15.0. The summed E-state index contributed by atoms with van der Waals surface area (Å²) in [6.45, 7) is 11.2. The minimum absolute atomic E-state index is 0.527. The number of hydrogen-bond acceptors (Lipinski definition) is 2. The Balaban J connectivity index is 2.06. The van der Waals surface area contributed by atoms with E-state index in [0.717, 1.165) is 31.4 Å². The van der Waals surface area contributed by atoms with Crippen molar-refractivity contribution in [1.82, 2.24) is 5.32 Å². The lowest BCUT2D eigenvalue weighted by Crippen LogP contribution is -2.30. The Morgan fingerprint density at radius 3 is 2.65 bits per heavy atom. The molecule has 17 heavy (non-hydrogen) atoms. The lowest BCUT2D eigenvalue weighted by Gasteiger charge is -2.32.